The third-order valence-corrected chi connectivity index (χ3v) is 7.00. The van der Waals surface area contributed by atoms with Crippen LogP contribution in [0.1, 0.15) is 56.9 Å². The van der Waals surface area contributed by atoms with Crippen LogP contribution in [0.2, 0.25) is 0 Å². The fourth-order valence-electron chi connectivity index (χ4n) is 4.85. The van der Waals surface area contributed by atoms with E-state index in [9.17, 15) is 22.8 Å². The van der Waals surface area contributed by atoms with E-state index in [1.165, 1.54) is 23.3 Å². The van der Waals surface area contributed by atoms with Gasteiger partial charge in [-0.25, -0.2) is 0 Å². The Hall–Kier alpha value is -4.23. The molecule has 4 rings (SSSR count). The molecule has 4 aromatic carbocycles. The number of benzene rings is 4. The summed E-state index contributed by atoms with van der Waals surface area (Å²) in [5.74, 6) is -0.0847. The summed E-state index contributed by atoms with van der Waals surface area (Å²) >= 11 is 0. The highest BCUT2D eigenvalue weighted by Crippen LogP contribution is 2.30. The van der Waals surface area contributed by atoms with Crippen LogP contribution in [0.5, 0.6) is 0 Å². The van der Waals surface area contributed by atoms with E-state index >= 15 is 0 Å². The Balaban J connectivity index is 1.53. The SMILES string of the molecule is O=CCCNC(=O)c1ccc(CN(CCC(c2ccccc2)c2ccccc2)Cc2ccc(C(F)(F)F)cc2)cc1. The summed E-state index contributed by atoms with van der Waals surface area (Å²) in [4.78, 5) is 25.1. The standard InChI is InChI=1S/C34H33F3N2O2/c35-34(36,37)31-18-14-27(15-19-31)25-39(24-26-12-16-30(17-13-26)33(41)38-21-7-23-40)22-20-32(28-8-3-1-4-9-28)29-10-5-2-6-11-29/h1-6,8-19,23,32H,7,20-22,24-25H2,(H,38,41). The summed E-state index contributed by atoms with van der Waals surface area (Å²) in [7, 11) is 0. The smallest absolute Gasteiger partial charge is 0.352 e. The van der Waals surface area contributed by atoms with Gasteiger partial charge in [0.2, 0.25) is 0 Å². The zero-order valence-corrected chi connectivity index (χ0v) is 22.7. The second-order valence-electron chi connectivity index (χ2n) is 9.98. The predicted molar refractivity (Wildman–Crippen MR) is 154 cm³/mol. The lowest BCUT2D eigenvalue weighted by Gasteiger charge is -2.26. The first-order valence-electron chi connectivity index (χ1n) is 13.6. The third-order valence-electron chi connectivity index (χ3n) is 7.00. The average molecular weight is 559 g/mol. The number of nitrogens with one attached hydrogen (secondary N) is 1. The molecule has 0 aliphatic rings. The number of hydrogen-bond acceptors (Lipinski definition) is 3. The van der Waals surface area contributed by atoms with Gasteiger partial charge in [-0.2, -0.15) is 13.2 Å². The molecule has 0 atom stereocenters. The van der Waals surface area contributed by atoms with Crippen molar-refractivity contribution in [3.05, 3.63) is 143 Å². The van der Waals surface area contributed by atoms with Gasteiger partial charge in [-0.3, -0.25) is 9.69 Å². The molecule has 1 amide bonds. The molecule has 0 saturated carbocycles. The van der Waals surface area contributed by atoms with Gasteiger partial charge in [0, 0.05) is 37.5 Å². The normalized spacial score (nSPS) is 11.5. The molecule has 0 aliphatic carbocycles. The van der Waals surface area contributed by atoms with E-state index in [2.05, 4.69) is 34.5 Å². The summed E-state index contributed by atoms with van der Waals surface area (Å²) in [5, 5.41) is 2.71. The van der Waals surface area contributed by atoms with E-state index in [4.69, 9.17) is 0 Å². The Morgan fingerprint density at radius 2 is 1.27 bits per heavy atom. The molecule has 0 fully saturated rings. The summed E-state index contributed by atoms with van der Waals surface area (Å²) in [6, 6.07) is 33.2. The van der Waals surface area contributed by atoms with E-state index in [0.717, 1.165) is 36.0 Å². The van der Waals surface area contributed by atoms with E-state index in [-0.39, 0.29) is 24.8 Å². The maximum absolute atomic E-state index is 13.1. The minimum Gasteiger partial charge on any atom is -0.352 e. The summed E-state index contributed by atoms with van der Waals surface area (Å²) in [6.07, 6.45) is -2.55. The van der Waals surface area contributed by atoms with Crippen LogP contribution in [0.15, 0.2) is 109 Å². The van der Waals surface area contributed by atoms with Crippen LogP contribution >= 0.6 is 0 Å². The molecule has 212 valence electrons. The van der Waals surface area contributed by atoms with Crippen LogP contribution in [0.3, 0.4) is 0 Å². The third kappa shape index (κ3) is 8.88. The Morgan fingerprint density at radius 3 is 1.76 bits per heavy atom. The largest absolute Gasteiger partial charge is 0.416 e. The monoisotopic (exact) mass is 558 g/mol. The molecule has 0 bridgehead atoms. The number of alkyl halides is 3. The number of amides is 1. The lowest BCUT2D eigenvalue weighted by atomic mass is 9.88. The van der Waals surface area contributed by atoms with Crippen molar-refractivity contribution in [1.29, 1.82) is 0 Å². The van der Waals surface area contributed by atoms with Crippen molar-refractivity contribution < 1.29 is 22.8 Å². The van der Waals surface area contributed by atoms with E-state index in [1.807, 2.05) is 48.5 Å². The molecule has 4 aromatic rings. The highest BCUT2D eigenvalue weighted by atomic mass is 19.4. The average Bonchev–Trinajstić information content (AvgIpc) is 2.98. The van der Waals surface area contributed by atoms with Gasteiger partial charge in [0.25, 0.3) is 5.91 Å². The van der Waals surface area contributed by atoms with Crippen molar-refractivity contribution >= 4 is 12.2 Å². The molecule has 0 spiro atoms. The van der Waals surface area contributed by atoms with Gasteiger partial charge in [-0.1, -0.05) is 84.9 Å². The highest BCUT2D eigenvalue weighted by molar-refractivity contribution is 5.94. The molecule has 7 heteroatoms. The van der Waals surface area contributed by atoms with Crippen LogP contribution in [0.4, 0.5) is 13.2 Å². The van der Waals surface area contributed by atoms with Gasteiger partial charge >= 0.3 is 6.18 Å². The number of carbonyl (C=O) groups excluding carboxylic acids is 2. The topological polar surface area (TPSA) is 49.4 Å². The molecule has 0 aromatic heterocycles. The number of rotatable bonds is 13. The zero-order chi connectivity index (χ0) is 29.1. The van der Waals surface area contributed by atoms with E-state index in [0.29, 0.717) is 25.2 Å². The highest BCUT2D eigenvalue weighted by Gasteiger charge is 2.30. The first-order valence-corrected chi connectivity index (χ1v) is 13.6. The van der Waals surface area contributed by atoms with E-state index < -0.39 is 11.7 Å². The maximum atomic E-state index is 13.1. The van der Waals surface area contributed by atoms with Gasteiger partial charge in [-0.05, 0) is 59.5 Å². The Morgan fingerprint density at radius 1 is 0.756 bits per heavy atom. The minimum absolute atomic E-state index is 0.157. The zero-order valence-electron chi connectivity index (χ0n) is 22.7. The molecular weight excluding hydrogens is 525 g/mol. The predicted octanol–water partition coefficient (Wildman–Crippen LogP) is 7.25. The van der Waals surface area contributed by atoms with Crippen LogP contribution in [0.25, 0.3) is 0 Å². The lowest BCUT2D eigenvalue weighted by Crippen LogP contribution is -2.26. The van der Waals surface area contributed by atoms with E-state index in [1.54, 1.807) is 12.1 Å². The van der Waals surface area contributed by atoms with Crippen LogP contribution < -0.4 is 5.32 Å². The Labute approximate surface area is 238 Å². The fraction of sp³-hybridized carbons (Fsp3) is 0.235. The summed E-state index contributed by atoms with van der Waals surface area (Å²) < 4.78 is 39.4. The van der Waals surface area contributed by atoms with Crippen molar-refractivity contribution in [3.63, 3.8) is 0 Å². The van der Waals surface area contributed by atoms with Crippen molar-refractivity contribution in [1.82, 2.24) is 10.2 Å². The van der Waals surface area contributed by atoms with Gasteiger partial charge in [0.15, 0.2) is 0 Å². The van der Waals surface area contributed by atoms with Gasteiger partial charge < -0.3 is 10.1 Å². The molecular formula is C34H33F3N2O2. The number of nitrogens with zero attached hydrogens (tertiary/aromatic N) is 1. The minimum atomic E-state index is -4.38. The summed E-state index contributed by atoms with van der Waals surface area (Å²) in [6.45, 7) is 2.02. The van der Waals surface area contributed by atoms with Crippen LogP contribution in [-0.2, 0) is 24.1 Å². The molecule has 0 radical (unpaired) electrons. The number of halogens is 3. The van der Waals surface area contributed by atoms with Gasteiger partial charge in [0.05, 0.1) is 5.56 Å². The quantitative estimate of drug-likeness (QED) is 0.139. The molecule has 4 nitrogen and oxygen atoms in total. The molecule has 1 N–H and O–H groups in total. The first-order chi connectivity index (χ1) is 19.8. The Bertz CT molecular complexity index is 1330. The van der Waals surface area contributed by atoms with Gasteiger partial charge in [0.1, 0.15) is 6.29 Å². The number of carbonyl (C=O) groups is 2. The van der Waals surface area contributed by atoms with Crippen LogP contribution in [-0.4, -0.2) is 30.2 Å². The molecule has 41 heavy (non-hydrogen) atoms. The second kappa shape index (κ2) is 14.4. The fourth-order valence-corrected chi connectivity index (χ4v) is 4.85. The van der Waals surface area contributed by atoms with Crippen molar-refractivity contribution in [2.24, 2.45) is 0 Å². The maximum Gasteiger partial charge on any atom is 0.416 e. The summed E-state index contributed by atoms with van der Waals surface area (Å²) in [5.41, 5.74) is 4.03. The first kappa shape index (κ1) is 29.7. The number of hydrogen-bond donors (Lipinski definition) is 1. The second-order valence-corrected chi connectivity index (χ2v) is 9.98. The van der Waals surface area contributed by atoms with Crippen molar-refractivity contribution in [2.75, 3.05) is 13.1 Å². The molecule has 0 saturated heterocycles. The molecule has 0 unspecified atom stereocenters. The molecule has 0 aliphatic heterocycles. The van der Waals surface area contributed by atoms with Crippen molar-refractivity contribution in [3.8, 4) is 0 Å². The van der Waals surface area contributed by atoms with Crippen molar-refractivity contribution in [2.45, 2.75) is 38.0 Å². The number of aldehydes is 1. The van der Waals surface area contributed by atoms with Crippen LogP contribution in [0, 0.1) is 0 Å². The lowest BCUT2D eigenvalue weighted by molar-refractivity contribution is -0.137. The Kier molecular flexibility index (Phi) is 10.5. The van der Waals surface area contributed by atoms with Gasteiger partial charge in [-0.15, -0.1) is 0 Å². The molecule has 0 heterocycles.